The van der Waals surface area contributed by atoms with Crippen molar-refractivity contribution in [1.29, 1.82) is 0 Å². The van der Waals surface area contributed by atoms with E-state index in [0.29, 0.717) is 5.41 Å². The summed E-state index contributed by atoms with van der Waals surface area (Å²) in [7, 11) is 0. The molecule has 0 fully saturated rings. The van der Waals surface area contributed by atoms with E-state index in [4.69, 9.17) is 4.99 Å². The van der Waals surface area contributed by atoms with E-state index in [2.05, 4.69) is 59.4 Å². The molecule has 1 heterocycles. The van der Waals surface area contributed by atoms with Crippen LogP contribution >= 0.6 is 27.7 Å². The number of halogens is 1. The Hall–Kier alpha value is -0.480. The maximum absolute atomic E-state index is 4.72. The molecule has 0 saturated carbocycles. The zero-order valence-electron chi connectivity index (χ0n) is 11.6. The van der Waals surface area contributed by atoms with E-state index in [9.17, 15) is 0 Å². The number of hydrogen-bond acceptors (Lipinski definition) is 3. The molecule has 1 aromatic carbocycles. The summed E-state index contributed by atoms with van der Waals surface area (Å²) >= 11 is 5.32. The summed E-state index contributed by atoms with van der Waals surface area (Å²) in [5.41, 5.74) is 1.71. The number of hydrogen-bond donors (Lipinski definition) is 1. The van der Waals surface area contributed by atoms with Gasteiger partial charge < -0.3 is 5.32 Å². The molecule has 2 nitrogen and oxygen atoms in total. The largest absolute Gasteiger partial charge is 0.361 e. The zero-order chi connectivity index (χ0) is 13.7. The molecule has 0 atom stereocenters. The fourth-order valence-corrected chi connectivity index (χ4v) is 3.65. The average Bonchev–Trinajstić information content (AvgIpc) is 2.47. The minimum absolute atomic E-state index is 0.424. The van der Waals surface area contributed by atoms with Crippen LogP contribution in [0.25, 0.3) is 0 Å². The van der Waals surface area contributed by atoms with Crippen LogP contribution in [0.4, 0.5) is 0 Å². The molecule has 0 amide bonds. The average molecular weight is 341 g/mol. The Morgan fingerprint density at radius 1 is 1.26 bits per heavy atom. The first-order valence-electron chi connectivity index (χ1n) is 6.83. The highest BCUT2D eigenvalue weighted by Crippen LogP contribution is 2.34. The van der Waals surface area contributed by atoms with Gasteiger partial charge in [-0.25, -0.2) is 0 Å². The molecule has 2 rings (SSSR count). The summed E-state index contributed by atoms with van der Waals surface area (Å²) in [6.07, 6.45) is 2.44. The lowest BCUT2D eigenvalue weighted by atomic mass is 9.84. The third kappa shape index (κ3) is 3.99. The van der Waals surface area contributed by atoms with Gasteiger partial charge in [0.2, 0.25) is 0 Å². The topological polar surface area (TPSA) is 24.4 Å². The molecule has 19 heavy (non-hydrogen) atoms. The first kappa shape index (κ1) is 14.9. The lowest BCUT2D eigenvalue weighted by Gasteiger charge is -2.33. The fraction of sp³-hybridized carbons (Fsp3) is 0.533. The smallest absolute Gasteiger partial charge is 0.156 e. The van der Waals surface area contributed by atoms with Gasteiger partial charge >= 0.3 is 0 Å². The summed E-state index contributed by atoms with van der Waals surface area (Å²) in [5.74, 6) is 1.19. The maximum atomic E-state index is 4.72. The van der Waals surface area contributed by atoms with Crippen molar-refractivity contribution in [3.05, 3.63) is 34.3 Å². The molecular formula is C15H21BrN2S. The Morgan fingerprint density at radius 3 is 2.47 bits per heavy atom. The van der Waals surface area contributed by atoms with Gasteiger partial charge in [-0.15, -0.1) is 0 Å². The Bertz CT molecular complexity index is 438. The van der Waals surface area contributed by atoms with Crippen molar-refractivity contribution in [2.24, 2.45) is 10.4 Å². The number of thioether (sulfide) groups is 1. The summed E-state index contributed by atoms with van der Waals surface area (Å²) in [4.78, 5) is 4.72. The van der Waals surface area contributed by atoms with Crippen molar-refractivity contribution in [2.45, 2.75) is 33.2 Å². The van der Waals surface area contributed by atoms with Gasteiger partial charge in [0.05, 0.1) is 0 Å². The van der Waals surface area contributed by atoms with Crippen molar-refractivity contribution < 1.29 is 0 Å². The van der Waals surface area contributed by atoms with Crippen LogP contribution in [0.5, 0.6) is 0 Å². The summed E-state index contributed by atoms with van der Waals surface area (Å²) < 4.78 is 1.12. The second kappa shape index (κ2) is 6.80. The molecule has 0 saturated heterocycles. The van der Waals surface area contributed by atoms with Crippen LogP contribution in [0.2, 0.25) is 0 Å². The minimum atomic E-state index is 0.424. The second-order valence-electron chi connectivity index (χ2n) is 5.10. The SMILES string of the molecule is CCC1(CC)CN=C(NCc2ccc(Br)cc2)SC1. The van der Waals surface area contributed by atoms with Crippen LogP contribution < -0.4 is 5.32 Å². The lowest BCUT2D eigenvalue weighted by Crippen LogP contribution is -2.34. The number of nitrogens with zero attached hydrogens (tertiary/aromatic N) is 1. The normalized spacial score (nSPS) is 17.9. The van der Waals surface area contributed by atoms with E-state index in [1.54, 1.807) is 0 Å². The fourth-order valence-electron chi connectivity index (χ4n) is 2.12. The molecular weight excluding hydrogens is 320 g/mol. The highest BCUT2D eigenvalue weighted by atomic mass is 79.9. The third-order valence-electron chi connectivity index (χ3n) is 3.93. The number of rotatable bonds is 4. The summed E-state index contributed by atoms with van der Waals surface area (Å²) in [6, 6.07) is 8.42. The number of aliphatic imine (C=N–C) groups is 1. The standard InChI is InChI=1S/C15H21BrN2S/c1-3-15(4-2)10-18-14(19-11-15)17-9-12-5-7-13(16)8-6-12/h5-8H,3-4,9-11H2,1-2H3,(H,17,18). The molecule has 0 spiro atoms. The molecule has 1 N–H and O–H groups in total. The molecule has 104 valence electrons. The van der Waals surface area contributed by atoms with Crippen LogP contribution in [-0.2, 0) is 6.54 Å². The third-order valence-corrected chi connectivity index (χ3v) is 5.76. The molecule has 0 unspecified atom stereocenters. The van der Waals surface area contributed by atoms with E-state index in [1.807, 2.05) is 11.8 Å². The van der Waals surface area contributed by atoms with Crippen molar-refractivity contribution in [1.82, 2.24) is 5.32 Å². The minimum Gasteiger partial charge on any atom is -0.361 e. The van der Waals surface area contributed by atoms with E-state index in [-0.39, 0.29) is 0 Å². The number of benzene rings is 1. The van der Waals surface area contributed by atoms with Crippen LogP contribution in [0.15, 0.2) is 33.7 Å². The Morgan fingerprint density at radius 2 is 1.95 bits per heavy atom. The molecule has 1 aromatic rings. The molecule has 0 bridgehead atoms. The summed E-state index contributed by atoms with van der Waals surface area (Å²) in [5, 5.41) is 4.54. The van der Waals surface area contributed by atoms with E-state index in [0.717, 1.165) is 22.7 Å². The predicted molar refractivity (Wildman–Crippen MR) is 88.8 cm³/mol. The zero-order valence-corrected chi connectivity index (χ0v) is 14.0. The molecule has 4 heteroatoms. The molecule has 0 aromatic heterocycles. The van der Waals surface area contributed by atoms with Gasteiger partial charge in [0, 0.05) is 23.3 Å². The van der Waals surface area contributed by atoms with Gasteiger partial charge in [-0.05, 0) is 36.0 Å². The van der Waals surface area contributed by atoms with Gasteiger partial charge in [0.15, 0.2) is 5.17 Å². The van der Waals surface area contributed by atoms with E-state index in [1.165, 1.54) is 24.2 Å². The van der Waals surface area contributed by atoms with Crippen molar-refractivity contribution in [3.8, 4) is 0 Å². The monoisotopic (exact) mass is 340 g/mol. The first-order chi connectivity index (χ1) is 9.17. The number of nitrogens with one attached hydrogen (secondary N) is 1. The molecule has 1 aliphatic heterocycles. The second-order valence-corrected chi connectivity index (χ2v) is 6.98. The predicted octanol–water partition coefficient (Wildman–Crippen LogP) is 4.45. The van der Waals surface area contributed by atoms with E-state index < -0.39 is 0 Å². The quantitative estimate of drug-likeness (QED) is 0.875. The van der Waals surface area contributed by atoms with Crippen molar-refractivity contribution >= 4 is 32.9 Å². The van der Waals surface area contributed by atoms with Crippen LogP contribution in [0, 0.1) is 5.41 Å². The van der Waals surface area contributed by atoms with Crippen LogP contribution in [0.3, 0.4) is 0 Å². The Labute approximate surface area is 128 Å². The first-order valence-corrected chi connectivity index (χ1v) is 8.61. The molecule has 0 radical (unpaired) electrons. The Balaban J connectivity index is 1.88. The van der Waals surface area contributed by atoms with Crippen molar-refractivity contribution in [3.63, 3.8) is 0 Å². The van der Waals surface area contributed by atoms with Gasteiger partial charge in [0.25, 0.3) is 0 Å². The summed E-state index contributed by atoms with van der Waals surface area (Å²) in [6.45, 7) is 6.37. The van der Waals surface area contributed by atoms with Crippen molar-refractivity contribution in [2.75, 3.05) is 12.3 Å². The van der Waals surface area contributed by atoms with Crippen LogP contribution in [-0.4, -0.2) is 17.5 Å². The van der Waals surface area contributed by atoms with Gasteiger partial charge in [0.1, 0.15) is 0 Å². The van der Waals surface area contributed by atoms with E-state index >= 15 is 0 Å². The highest BCUT2D eigenvalue weighted by molar-refractivity contribution is 9.10. The number of amidine groups is 1. The molecule has 1 aliphatic rings. The van der Waals surface area contributed by atoms with Gasteiger partial charge in [-0.1, -0.05) is 53.7 Å². The maximum Gasteiger partial charge on any atom is 0.156 e. The van der Waals surface area contributed by atoms with Gasteiger partial charge in [-0.2, -0.15) is 0 Å². The molecule has 0 aliphatic carbocycles. The Kier molecular flexibility index (Phi) is 5.34. The van der Waals surface area contributed by atoms with Crippen LogP contribution in [0.1, 0.15) is 32.3 Å². The lowest BCUT2D eigenvalue weighted by molar-refractivity contribution is 0.318. The highest BCUT2D eigenvalue weighted by Gasteiger charge is 2.29. The van der Waals surface area contributed by atoms with Gasteiger partial charge in [-0.3, -0.25) is 4.99 Å².